The summed E-state index contributed by atoms with van der Waals surface area (Å²) in [4.78, 5) is 25.8. The van der Waals surface area contributed by atoms with Crippen molar-refractivity contribution in [1.29, 1.82) is 0 Å². The Kier molecular flexibility index (Phi) is 8.26. The number of hydrogen-bond donors (Lipinski definition) is 2. The fourth-order valence-corrected chi connectivity index (χ4v) is 5.60. The summed E-state index contributed by atoms with van der Waals surface area (Å²) >= 11 is 0. The van der Waals surface area contributed by atoms with E-state index in [2.05, 4.69) is 10.6 Å². The summed E-state index contributed by atoms with van der Waals surface area (Å²) in [6, 6.07) is 11.5. The second kappa shape index (κ2) is 10.9. The summed E-state index contributed by atoms with van der Waals surface area (Å²) in [5.41, 5.74) is 1.56. The Morgan fingerprint density at radius 1 is 1.00 bits per heavy atom. The molecule has 8 heteroatoms. The summed E-state index contributed by atoms with van der Waals surface area (Å²) < 4.78 is 28.1. The van der Waals surface area contributed by atoms with Gasteiger partial charge in [0.05, 0.1) is 16.1 Å². The Labute approximate surface area is 196 Å². The van der Waals surface area contributed by atoms with Crippen molar-refractivity contribution in [1.82, 2.24) is 9.62 Å². The molecule has 7 nitrogen and oxygen atoms in total. The fourth-order valence-electron chi connectivity index (χ4n) is 3.83. The first-order chi connectivity index (χ1) is 15.7. The van der Waals surface area contributed by atoms with E-state index in [1.54, 1.807) is 43.3 Å². The predicted molar refractivity (Wildman–Crippen MR) is 130 cm³/mol. The van der Waals surface area contributed by atoms with Crippen molar-refractivity contribution in [2.45, 2.75) is 63.8 Å². The van der Waals surface area contributed by atoms with Gasteiger partial charge in [0.15, 0.2) is 0 Å². The summed E-state index contributed by atoms with van der Waals surface area (Å²) in [5.74, 6) is -0.736. The van der Waals surface area contributed by atoms with Crippen LogP contribution in [0.1, 0.15) is 72.2 Å². The van der Waals surface area contributed by atoms with Gasteiger partial charge in [-0.3, -0.25) is 9.59 Å². The number of amides is 2. The molecule has 2 aromatic rings. The number of benzene rings is 2. The van der Waals surface area contributed by atoms with Gasteiger partial charge in [0.25, 0.3) is 11.8 Å². The normalized spacial score (nSPS) is 16.0. The number of hydrogen-bond acceptors (Lipinski definition) is 4. The molecule has 0 aromatic heterocycles. The number of rotatable bonds is 7. The van der Waals surface area contributed by atoms with Crippen LogP contribution in [0.15, 0.2) is 47.4 Å². The summed E-state index contributed by atoms with van der Waals surface area (Å²) in [5, 5.41) is 5.68. The van der Waals surface area contributed by atoms with Gasteiger partial charge in [-0.05, 0) is 62.9 Å². The largest absolute Gasteiger partial charge is 0.350 e. The number of para-hydroxylation sites is 1. The summed E-state index contributed by atoms with van der Waals surface area (Å²) in [7, 11) is -3.69. The van der Waals surface area contributed by atoms with Crippen molar-refractivity contribution in [2.75, 3.05) is 18.4 Å². The summed E-state index contributed by atoms with van der Waals surface area (Å²) in [6.45, 7) is 6.62. The molecule has 1 fully saturated rings. The maximum atomic E-state index is 13.3. The van der Waals surface area contributed by atoms with Crippen molar-refractivity contribution in [3.8, 4) is 0 Å². The Morgan fingerprint density at radius 2 is 1.67 bits per heavy atom. The molecule has 0 aliphatic carbocycles. The molecule has 0 radical (unpaired) electrons. The molecule has 1 atom stereocenters. The Hall–Kier alpha value is -2.71. The van der Waals surface area contributed by atoms with Gasteiger partial charge in [0.1, 0.15) is 0 Å². The van der Waals surface area contributed by atoms with E-state index in [-0.39, 0.29) is 22.4 Å². The monoisotopic (exact) mass is 471 g/mol. The fraction of sp³-hybridized carbons (Fsp3) is 0.440. The van der Waals surface area contributed by atoms with Gasteiger partial charge in [-0.2, -0.15) is 4.31 Å². The molecule has 1 heterocycles. The number of aryl methyl sites for hydroxylation is 1. The Morgan fingerprint density at radius 3 is 2.33 bits per heavy atom. The van der Waals surface area contributed by atoms with Crippen LogP contribution in [0.25, 0.3) is 0 Å². The van der Waals surface area contributed by atoms with Crippen molar-refractivity contribution in [2.24, 2.45) is 0 Å². The number of sulfonamides is 1. The average Bonchev–Trinajstić information content (AvgIpc) is 3.09. The molecule has 2 amide bonds. The van der Waals surface area contributed by atoms with Crippen LogP contribution in [0.3, 0.4) is 0 Å². The van der Waals surface area contributed by atoms with E-state index in [1.165, 1.54) is 10.4 Å². The number of carbonyl (C=O) groups is 2. The smallest absolute Gasteiger partial charge is 0.255 e. The van der Waals surface area contributed by atoms with Crippen molar-refractivity contribution < 1.29 is 18.0 Å². The molecule has 0 saturated carbocycles. The summed E-state index contributed by atoms with van der Waals surface area (Å²) in [6.07, 6.45) is 4.52. The van der Waals surface area contributed by atoms with Gasteiger partial charge in [-0.25, -0.2) is 8.42 Å². The van der Waals surface area contributed by atoms with E-state index in [1.807, 2.05) is 13.8 Å². The molecule has 1 aliphatic rings. The molecule has 1 aliphatic heterocycles. The number of carbonyl (C=O) groups excluding carboxylic acids is 2. The zero-order valence-corrected chi connectivity index (χ0v) is 20.4. The lowest BCUT2D eigenvalue weighted by atomic mass is 10.1. The molecule has 3 rings (SSSR count). The molecule has 178 valence electrons. The third kappa shape index (κ3) is 6.00. The van der Waals surface area contributed by atoms with Crippen LogP contribution in [-0.2, 0) is 10.0 Å². The number of nitrogens with zero attached hydrogens (tertiary/aromatic N) is 1. The third-order valence-electron chi connectivity index (χ3n) is 6.04. The minimum Gasteiger partial charge on any atom is -0.350 e. The quantitative estimate of drug-likeness (QED) is 0.628. The molecular formula is C25H33N3O4S. The molecular weight excluding hydrogens is 438 g/mol. The maximum absolute atomic E-state index is 13.3. The van der Waals surface area contributed by atoms with E-state index < -0.39 is 15.9 Å². The minimum atomic E-state index is -3.69. The van der Waals surface area contributed by atoms with Crippen molar-refractivity contribution in [3.05, 3.63) is 59.2 Å². The van der Waals surface area contributed by atoms with Crippen LogP contribution >= 0.6 is 0 Å². The lowest BCUT2D eigenvalue weighted by molar-refractivity contribution is 0.0940. The zero-order chi connectivity index (χ0) is 24.0. The highest BCUT2D eigenvalue weighted by Crippen LogP contribution is 2.25. The highest BCUT2D eigenvalue weighted by molar-refractivity contribution is 7.89. The number of nitrogens with one attached hydrogen (secondary N) is 2. The van der Waals surface area contributed by atoms with Crippen molar-refractivity contribution in [3.63, 3.8) is 0 Å². The third-order valence-corrected chi connectivity index (χ3v) is 8.08. The van der Waals surface area contributed by atoms with Crippen LogP contribution in [0, 0.1) is 6.92 Å². The standard InChI is InChI=1S/C25H33N3O4S/c1-4-19(3)26-25(30)21-11-7-8-12-22(21)27-24(29)20-14-13-18(2)23(17-20)33(31,32)28-15-9-5-6-10-16-28/h7-8,11-14,17,19H,4-6,9-10,15-16H2,1-3H3,(H,26,30)(H,27,29). The number of anilines is 1. The van der Waals surface area contributed by atoms with Gasteiger partial charge < -0.3 is 10.6 Å². The second-order valence-corrected chi connectivity index (χ2v) is 10.5. The van der Waals surface area contributed by atoms with E-state index >= 15 is 0 Å². The highest BCUT2D eigenvalue weighted by atomic mass is 32.2. The van der Waals surface area contributed by atoms with E-state index in [0.29, 0.717) is 29.9 Å². The SMILES string of the molecule is CCC(C)NC(=O)c1ccccc1NC(=O)c1ccc(C)c(S(=O)(=O)N2CCCCCC2)c1. The van der Waals surface area contributed by atoms with Gasteiger partial charge in [0, 0.05) is 24.7 Å². The second-order valence-electron chi connectivity index (χ2n) is 8.58. The van der Waals surface area contributed by atoms with Crippen LogP contribution in [0.2, 0.25) is 0 Å². The van der Waals surface area contributed by atoms with E-state index in [0.717, 1.165) is 32.1 Å². The zero-order valence-electron chi connectivity index (χ0n) is 19.6. The van der Waals surface area contributed by atoms with E-state index in [4.69, 9.17) is 0 Å². The first-order valence-corrected chi connectivity index (χ1v) is 13.0. The maximum Gasteiger partial charge on any atom is 0.255 e. The Balaban J connectivity index is 1.86. The van der Waals surface area contributed by atoms with Gasteiger partial charge >= 0.3 is 0 Å². The lowest BCUT2D eigenvalue weighted by Crippen LogP contribution is -2.33. The van der Waals surface area contributed by atoms with Gasteiger partial charge in [0.2, 0.25) is 10.0 Å². The molecule has 33 heavy (non-hydrogen) atoms. The Bertz CT molecular complexity index is 1110. The molecule has 1 saturated heterocycles. The lowest BCUT2D eigenvalue weighted by Gasteiger charge is -2.21. The van der Waals surface area contributed by atoms with E-state index in [9.17, 15) is 18.0 Å². The first kappa shape index (κ1) is 24.9. The molecule has 0 spiro atoms. The topological polar surface area (TPSA) is 95.6 Å². The van der Waals surface area contributed by atoms with Crippen LogP contribution in [-0.4, -0.2) is 43.7 Å². The van der Waals surface area contributed by atoms with Crippen molar-refractivity contribution >= 4 is 27.5 Å². The van der Waals surface area contributed by atoms with Crippen LogP contribution < -0.4 is 10.6 Å². The van der Waals surface area contributed by atoms with Gasteiger partial charge in [-0.1, -0.05) is 38.0 Å². The predicted octanol–water partition coefficient (Wildman–Crippen LogP) is 4.34. The molecule has 2 aromatic carbocycles. The van der Waals surface area contributed by atoms with Gasteiger partial charge in [-0.15, -0.1) is 0 Å². The minimum absolute atomic E-state index is 0.00473. The molecule has 0 bridgehead atoms. The average molecular weight is 472 g/mol. The molecule has 1 unspecified atom stereocenters. The first-order valence-electron chi connectivity index (χ1n) is 11.6. The highest BCUT2D eigenvalue weighted by Gasteiger charge is 2.27. The van der Waals surface area contributed by atoms with Crippen LogP contribution in [0.5, 0.6) is 0 Å². The molecule has 2 N–H and O–H groups in total. The van der Waals surface area contributed by atoms with Crippen LogP contribution in [0.4, 0.5) is 5.69 Å².